The van der Waals surface area contributed by atoms with Crippen LogP contribution in [0.2, 0.25) is 0 Å². The summed E-state index contributed by atoms with van der Waals surface area (Å²) in [6.45, 7) is 2.58. The highest BCUT2D eigenvalue weighted by molar-refractivity contribution is 4.54. The van der Waals surface area contributed by atoms with Crippen LogP contribution < -0.4 is 5.48 Å². The van der Waals surface area contributed by atoms with Crippen molar-refractivity contribution in [2.75, 3.05) is 6.54 Å². The lowest BCUT2D eigenvalue weighted by Crippen LogP contribution is -2.79. The number of hydrogen-bond acceptors (Lipinski definition) is 2. The van der Waals surface area contributed by atoms with Crippen molar-refractivity contribution < 1.29 is 10.6 Å². The molecule has 0 spiro atoms. The summed E-state index contributed by atoms with van der Waals surface area (Å²) in [7, 11) is 0. The molecule has 128 valence electrons. The van der Waals surface area contributed by atoms with Crippen molar-refractivity contribution in [2.45, 2.75) is 109 Å². The van der Waals surface area contributed by atoms with Crippen LogP contribution in [0, 0.1) is 5.21 Å². The molecule has 0 rings (SSSR count). The molecule has 0 aromatic carbocycles. The third kappa shape index (κ3) is 17.8. The Morgan fingerprint density at radius 3 is 1.48 bits per heavy atom. The topological polar surface area (TPSA) is 59.9 Å². The number of unbranched alkanes of at least 4 members (excludes halogenated alkanes) is 13. The molecule has 21 heavy (non-hydrogen) atoms. The maximum Gasteiger partial charge on any atom is 0.103 e. The summed E-state index contributed by atoms with van der Waals surface area (Å²) in [4.78, 5) is 0. The van der Waals surface area contributed by atoms with Gasteiger partial charge in [0.25, 0.3) is 0 Å². The molecule has 0 radical (unpaired) electrons. The minimum atomic E-state index is -0.403. The van der Waals surface area contributed by atoms with Crippen molar-refractivity contribution in [3.8, 4) is 0 Å². The molecule has 0 heterocycles. The van der Waals surface area contributed by atoms with Crippen LogP contribution in [-0.2, 0) is 0 Å². The van der Waals surface area contributed by atoms with Crippen molar-refractivity contribution in [1.82, 2.24) is 0 Å². The highest BCUT2D eigenvalue weighted by Gasteiger charge is 2.02. The van der Waals surface area contributed by atoms with Crippen LogP contribution in [0.1, 0.15) is 103 Å². The zero-order valence-corrected chi connectivity index (χ0v) is 14.3. The van der Waals surface area contributed by atoms with E-state index in [9.17, 15) is 10.3 Å². The predicted octanol–water partition coefficient (Wildman–Crippen LogP) is 4.28. The van der Waals surface area contributed by atoms with Crippen molar-refractivity contribution in [3.63, 3.8) is 0 Å². The van der Waals surface area contributed by atoms with Gasteiger partial charge >= 0.3 is 0 Å². The Kier molecular flexibility index (Phi) is 17.8. The van der Waals surface area contributed by atoms with Gasteiger partial charge in [-0.1, -0.05) is 96.8 Å². The summed E-state index contributed by atoms with van der Waals surface area (Å²) in [5, 5.41) is 19.6. The van der Waals surface area contributed by atoms with Gasteiger partial charge in [-0.15, -0.1) is 0 Å². The Morgan fingerprint density at radius 2 is 1.10 bits per heavy atom. The second-order valence-corrected chi connectivity index (χ2v) is 6.44. The summed E-state index contributed by atoms with van der Waals surface area (Å²) >= 11 is 0. The lowest BCUT2D eigenvalue weighted by molar-refractivity contribution is -0.596. The number of nitrogens with two attached hydrogens (primary N) is 1. The van der Waals surface area contributed by atoms with Crippen LogP contribution >= 0.6 is 0 Å². The quantitative estimate of drug-likeness (QED) is 0.311. The molecular weight excluding hydrogens is 262 g/mol. The minimum Gasteiger partial charge on any atom is -0.636 e. The van der Waals surface area contributed by atoms with E-state index in [-0.39, 0.29) is 0 Å². The summed E-state index contributed by atoms with van der Waals surface area (Å²) in [6.07, 6.45) is 19.3. The monoisotopic (exact) mass is 301 g/mol. The number of hydrogen-bond donors (Lipinski definition) is 2. The average molecular weight is 302 g/mol. The second-order valence-electron chi connectivity index (χ2n) is 6.44. The molecule has 1 unspecified atom stereocenters. The predicted molar refractivity (Wildman–Crippen MR) is 91.1 cm³/mol. The first-order valence-corrected chi connectivity index (χ1v) is 9.43. The maximum absolute atomic E-state index is 10.2. The van der Waals surface area contributed by atoms with E-state index in [4.69, 9.17) is 0 Å². The molecule has 0 amide bonds. The molecule has 0 aromatic heterocycles. The summed E-state index contributed by atoms with van der Waals surface area (Å²) in [6, 6.07) is 0. The fourth-order valence-corrected chi connectivity index (χ4v) is 2.80. The van der Waals surface area contributed by atoms with Crippen LogP contribution in [0.5, 0.6) is 0 Å². The summed E-state index contributed by atoms with van der Waals surface area (Å²) < 4.78 is 0. The van der Waals surface area contributed by atoms with E-state index in [0.29, 0.717) is 6.54 Å². The normalized spacial score (nSPS) is 12.7. The highest BCUT2D eigenvalue weighted by Crippen LogP contribution is 2.13. The van der Waals surface area contributed by atoms with Gasteiger partial charge in [-0.25, -0.2) is 0 Å². The van der Waals surface area contributed by atoms with Crippen molar-refractivity contribution in [2.24, 2.45) is 0 Å². The molecule has 0 aromatic rings. The van der Waals surface area contributed by atoms with Crippen LogP contribution in [0.25, 0.3) is 0 Å². The van der Waals surface area contributed by atoms with E-state index in [1.54, 1.807) is 0 Å². The van der Waals surface area contributed by atoms with Gasteiger partial charge < -0.3 is 15.8 Å². The minimum absolute atomic E-state index is 0.304. The Hall–Kier alpha value is -0.120. The van der Waals surface area contributed by atoms with E-state index >= 15 is 0 Å². The van der Waals surface area contributed by atoms with Gasteiger partial charge in [-0.3, -0.25) is 0 Å². The van der Waals surface area contributed by atoms with Crippen molar-refractivity contribution >= 4 is 0 Å². The average Bonchev–Trinajstić information content (AvgIpc) is 2.48. The Morgan fingerprint density at radius 1 is 0.714 bits per heavy atom. The number of hydroxylamine groups is 1. The third-order valence-electron chi connectivity index (χ3n) is 4.26. The molecule has 0 saturated carbocycles. The molecule has 0 aliphatic heterocycles. The maximum atomic E-state index is 10.2. The van der Waals surface area contributed by atoms with E-state index in [1.165, 1.54) is 83.5 Å². The van der Waals surface area contributed by atoms with E-state index in [1.807, 2.05) is 0 Å². The van der Waals surface area contributed by atoms with Gasteiger partial charge in [-0.05, 0) is 6.42 Å². The molecular formula is C18H39NO2. The summed E-state index contributed by atoms with van der Waals surface area (Å²) in [5.41, 5.74) is 0.814. The van der Waals surface area contributed by atoms with Crippen LogP contribution in [0.15, 0.2) is 0 Å². The molecule has 0 fully saturated rings. The number of aliphatic hydroxyl groups is 1. The van der Waals surface area contributed by atoms with E-state index < -0.39 is 6.10 Å². The fourth-order valence-electron chi connectivity index (χ4n) is 2.80. The Bertz CT molecular complexity index is 188. The Balaban J connectivity index is 2.99. The van der Waals surface area contributed by atoms with Crippen LogP contribution in [-0.4, -0.2) is 17.8 Å². The molecule has 0 bridgehead atoms. The van der Waals surface area contributed by atoms with Crippen LogP contribution in [0.3, 0.4) is 0 Å². The molecule has 0 saturated heterocycles. The molecule has 3 heteroatoms. The van der Waals surface area contributed by atoms with Gasteiger partial charge in [0, 0.05) is 0 Å². The molecule has 0 aliphatic rings. The molecule has 3 N–H and O–H groups in total. The molecule has 1 atom stereocenters. The first kappa shape index (κ1) is 20.9. The van der Waals surface area contributed by atoms with Gasteiger partial charge in [-0.2, -0.15) is 0 Å². The third-order valence-corrected chi connectivity index (χ3v) is 4.26. The number of aliphatic hydroxyl groups excluding tert-OH is 1. The first-order valence-electron chi connectivity index (χ1n) is 9.43. The zero-order valence-electron chi connectivity index (χ0n) is 14.3. The second kappa shape index (κ2) is 17.9. The zero-order chi connectivity index (χ0) is 15.6. The molecule has 0 aliphatic carbocycles. The van der Waals surface area contributed by atoms with Gasteiger partial charge in [0.05, 0.1) is 0 Å². The highest BCUT2D eigenvalue weighted by atomic mass is 16.5. The van der Waals surface area contributed by atoms with Crippen LogP contribution in [0.4, 0.5) is 0 Å². The smallest absolute Gasteiger partial charge is 0.103 e. The van der Waals surface area contributed by atoms with Crippen molar-refractivity contribution in [3.05, 3.63) is 5.21 Å². The fraction of sp³-hybridized carbons (Fsp3) is 1.00. The van der Waals surface area contributed by atoms with E-state index in [0.717, 1.165) is 18.3 Å². The number of rotatable bonds is 17. The van der Waals surface area contributed by atoms with E-state index in [2.05, 4.69) is 6.92 Å². The van der Waals surface area contributed by atoms with Crippen molar-refractivity contribution in [1.29, 1.82) is 0 Å². The number of quaternary nitrogens is 1. The summed E-state index contributed by atoms with van der Waals surface area (Å²) in [5.74, 6) is 0. The van der Waals surface area contributed by atoms with Gasteiger partial charge in [0.2, 0.25) is 0 Å². The molecule has 3 nitrogen and oxygen atoms in total. The lowest BCUT2D eigenvalue weighted by atomic mass is 10.0. The largest absolute Gasteiger partial charge is 0.636 e. The SMILES string of the molecule is CCCCCCCCCCCCCCCCC(O)C[NH2+][O-]. The Labute approximate surface area is 132 Å². The first-order chi connectivity index (χ1) is 10.3. The lowest BCUT2D eigenvalue weighted by Gasteiger charge is -2.09. The van der Waals surface area contributed by atoms with Gasteiger partial charge in [0.15, 0.2) is 0 Å². The standard InChI is InChI=1S/C18H39NO2/c1-2-3-4-5-6-7-8-9-10-11-12-13-14-15-16-18(20)17-19-21/h18,20H,2-17,19H2,1H3. The van der Waals surface area contributed by atoms with Gasteiger partial charge in [0.1, 0.15) is 12.6 Å².